The molecule has 2 amide bonds. The molecule has 9 heteroatoms. The van der Waals surface area contributed by atoms with Gasteiger partial charge in [-0.15, -0.1) is 0 Å². The van der Waals surface area contributed by atoms with Gasteiger partial charge < -0.3 is 4.90 Å². The topological polar surface area (TPSA) is 75.2 Å². The molecule has 0 saturated carbocycles. The molecule has 1 aliphatic rings. The lowest BCUT2D eigenvalue weighted by molar-refractivity contribution is 0.0855. The van der Waals surface area contributed by atoms with E-state index >= 15 is 0 Å². The lowest BCUT2D eigenvalue weighted by atomic mass is 9.89. The summed E-state index contributed by atoms with van der Waals surface area (Å²) in [6.45, 7) is 2.64. The SMILES string of the molecule is Cc1nsc(NC(=O)N2CCC(C(=O)c3ccc(Br)cc3F)CC2)n1. The monoisotopic (exact) mass is 426 g/mol. The number of anilines is 1. The van der Waals surface area contributed by atoms with Crippen LogP contribution >= 0.6 is 27.5 Å². The van der Waals surface area contributed by atoms with Crippen LogP contribution < -0.4 is 5.32 Å². The number of nitrogens with one attached hydrogen (secondary N) is 1. The summed E-state index contributed by atoms with van der Waals surface area (Å²) in [5, 5.41) is 3.16. The lowest BCUT2D eigenvalue weighted by Gasteiger charge is -2.31. The molecule has 2 aromatic rings. The van der Waals surface area contributed by atoms with Crippen LogP contribution in [0.4, 0.5) is 14.3 Å². The number of rotatable bonds is 3. The summed E-state index contributed by atoms with van der Waals surface area (Å²) < 4.78 is 18.6. The van der Waals surface area contributed by atoms with Crippen molar-refractivity contribution in [1.29, 1.82) is 0 Å². The van der Waals surface area contributed by atoms with Gasteiger partial charge in [0.1, 0.15) is 11.6 Å². The van der Waals surface area contributed by atoms with E-state index in [2.05, 4.69) is 30.6 Å². The number of halogens is 2. The fourth-order valence-corrected chi connectivity index (χ4v) is 3.67. The maximum absolute atomic E-state index is 14.0. The van der Waals surface area contributed by atoms with E-state index in [1.807, 2.05) is 0 Å². The van der Waals surface area contributed by atoms with Gasteiger partial charge in [0.05, 0.1) is 5.56 Å². The molecule has 0 radical (unpaired) electrons. The van der Waals surface area contributed by atoms with Gasteiger partial charge >= 0.3 is 6.03 Å². The summed E-state index contributed by atoms with van der Waals surface area (Å²) >= 11 is 4.31. The molecule has 1 aromatic heterocycles. The molecule has 0 aliphatic carbocycles. The summed E-state index contributed by atoms with van der Waals surface area (Å²) in [6.07, 6.45) is 1.02. The van der Waals surface area contributed by atoms with Crippen molar-refractivity contribution in [3.8, 4) is 0 Å². The van der Waals surface area contributed by atoms with Gasteiger partial charge in [-0.05, 0) is 38.0 Å². The Morgan fingerprint density at radius 3 is 2.68 bits per heavy atom. The molecule has 1 saturated heterocycles. The highest BCUT2D eigenvalue weighted by Crippen LogP contribution is 2.25. The molecule has 25 heavy (non-hydrogen) atoms. The first kappa shape index (κ1) is 17.9. The number of hydrogen-bond acceptors (Lipinski definition) is 5. The van der Waals surface area contributed by atoms with Gasteiger partial charge in [-0.25, -0.2) is 14.2 Å². The third-order valence-electron chi connectivity index (χ3n) is 4.09. The smallest absolute Gasteiger partial charge is 0.323 e. The quantitative estimate of drug-likeness (QED) is 0.755. The molecule has 132 valence electrons. The van der Waals surface area contributed by atoms with Crippen LogP contribution in [0, 0.1) is 18.7 Å². The number of aryl methyl sites for hydroxylation is 1. The molecule has 1 aromatic carbocycles. The number of carbonyl (C=O) groups excluding carboxylic acids is 2. The van der Waals surface area contributed by atoms with Crippen LogP contribution in [-0.2, 0) is 0 Å². The first-order valence-electron chi connectivity index (χ1n) is 7.79. The van der Waals surface area contributed by atoms with Gasteiger partial charge in [-0.1, -0.05) is 15.9 Å². The number of hydrogen-bond donors (Lipinski definition) is 1. The summed E-state index contributed by atoms with van der Waals surface area (Å²) in [7, 11) is 0. The highest BCUT2D eigenvalue weighted by molar-refractivity contribution is 9.10. The van der Waals surface area contributed by atoms with Crippen LogP contribution in [0.2, 0.25) is 0 Å². The Morgan fingerprint density at radius 2 is 2.08 bits per heavy atom. The number of ketones is 1. The molecule has 6 nitrogen and oxygen atoms in total. The zero-order valence-electron chi connectivity index (χ0n) is 13.5. The Bertz CT molecular complexity index is 805. The van der Waals surface area contributed by atoms with Crippen molar-refractivity contribution >= 4 is 44.4 Å². The van der Waals surface area contributed by atoms with Gasteiger partial charge in [-0.2, -0.15) is 4.37 Å². The number of benzene rings is 1. The van der Waals surface area contributed by atoms with Crippen molar-refractivity contribution in [3.05, 3.63) is 39.9 Å². The van der Waals surface area contributed by atoms with Crippen LogP contribution in [0.5, 0.6) is 0 Å². The number of amides is 2. The normalized spacial score (nSPS) is 15.2. The van der Waals surface area contributed by atoms with Crippen LogP contribution in [0.3, 0.4) is 0 Å². The van der Waals surface area contributed by atoms with Gasteiger partial charge in [0.15, 0.2) is 5.78 Å². The van der Waals surface area contributed by atoms with Gasteiger partial charge in [0.25, 0.3) is 0 Å². The minimum absolute atomic E-state index is 0.107. The van der Waals surface area contributed by atoms with Crippen LogP contribution in [0.1, 0.15) is 29.0 Å². The van der Waals surface area contributed by atoms with E-state index in [9.17, 15) is 14.0 Å². The van der Waals surface area contributed by atoms with E-state index in [-0.39, 0.29) is 23.3 Å². The number of aromatic nitrogens is 2. The lowest BCUT2D eigenvalue weighted by Crippen LogP contribution is -2.42. The fraction of sp³-hybridized carbons (Fsp3) is 0.375. The second-order valence-corrected chi connectivity index (χ2v) is 7.49. The van der Waals surface area contributed by atoms with Crippen molar-refractivity contribution in [3.63, 3.8) is 0 Å². The molecular formula is C16H16BrFN4O2S. The van der Waals surface area contributed by atoms with E-state index in [4.69, 9.17) is 0 Å². The third-order valence-corrected chi connectivity index (χ3v) is 5.31. The van der Waals surface area contributed by atoms with Crippen LogP contribution in [0.25, 0.3) is 0 Å². The van der Waals surface area contributed by atoms with Crippen molar-refractivity contribution in [2.45, 2.75) is 19.8 Å². The zero-order valence-corrected chi connectivity index (χ0v) is 15.9. The maximum Gasteiger partial charge on any atom is 0.323 e. The average molecular weight is 427 g/mol. The summed E-state index contributed by atoms with van der Waals surface area (Å²) in [6, 6.07) is 4.19. The molecule has 3 rings (SSSR count). The standard InChI is InChI=1S/C16H16BrFN4O2S/c1-9-19-15(25-21-9)20-16(24)22-6-4-10(5-7-22)14(23)12-3-2-11(17)8-13(12)18/h2-3,8,10H,4-7H2,1H3,(H,19,20,21,24). The van der Waals surface area contributed by atoms with Gasteiger partial charge in [0, 0.05) is 35.0 Å². The predicted molar refractivity (Wildman–Crippen MR) is 96.4 cm³/mol. The molecule has 0 atom stereocenters. The maximum atomic E-state index is 14.0. The minimum Gasteiger partial charge on any atom is -0.324 e. The van der Waals surface area contributed by atoms with Crippen molar-refractivity contribution < 1.29 is 14.0 Å². The Balaban J connectivity index is 1.57. The van der Waals surface area contributed by atoms with Crippen molar-refractivity contribution in [2.24, 2.45) is 5.92 Å². The fourth-order valence-electron chi connectivity index (χ4n) is 2.77. The van der Waals surface area contributed by atoms with Crippen molar-refractivity contribution in [1.82, 2.24) is 14.3 Å². The summed E-state index contributed by atoms with van der Waals surface area (Å²) in [4.78, 5) is 30.5. The number of piperidine rings is 1. The second-order valence-electron chi connectivity index (χ2n) is 5.83. The highest BCUT2D eigenvalue weighted by atomic mass is 79.9. The predicted octanol–water partition coefficient (Wildman–Crippen LogP) is 3.87. The van der Waals surface area contributed by atoms with E-state index in [0.29, 0.717) is 41.4 Å². The molecule has 0 spiro atoms. The Labute approximate surface area is 156 Å². The van der Waals surface area contributed by atoms with Crippen molar-refractivity contribution in [2.75, 3.05) is 18.4 Å². The molecule has 2 heterocycles. The van der Waals surface area contributed by atoms with E-state index < -0.39 is 5.82 Å². The molecule has 0 bridgehead atoms. The number of Topliss-reactive ketones (excluding diaryl/α,β-unsaturated/α-hetero) is 1. The Hall–Kier alpha value is -1.87. The number of carbonyl (C=O) groups is 2. The van der Waals surface area contributed by atoms with Gasteiger partial charge in [0.2, 0.25) is 5.13 Å². The van der Waals surface area contributed by atoms with E-state index in [0.717, 1.165) is 11.5 Å². The molecule has 1 fully saturated rings. The first-order valence-corrected chi connectivity index (χ1v) is 9.36. The molecule has 1 N–H and O–H groups in total. The third kappa shape index (κ3) is 4.21. The summed E-state index contributed by atoms with van der Waals surface area (Å²) in [5.74, 6) is -0.388. The zero-order chi connectivity index (χ0) is 18.0. The van der Waals surface area contributed by atoms with Crippen LogP contribution in [-0.4, -0.2) is 39.2 Å². The first-order chi connectivity index (χ1) is 11.9. The number of likely N-dealkylation sites (tertiary alicyclic amines) is 1. The van der Waals surface area contributed by atoms with Crippen LogP contribution in [0.15, 0.2) is 22.7 Å². The molecular weight excluding hydrogens is 411 g/mol. The second kappa shape index (κ2) is 7.57. The van der Waals surface area contributed by atoms with Gasteiger partial charge in [-0.3, -0.25) is 10.1 Å². The number of urea groups is 1. The van der Waals surface area contributed by atoms with E-state index in [1.54, 1.807) is 17.9 Å². The minimum atomic E-state index is -0.522. The molecule has 0 unspecified atom stereocenters. The summed E-state index contributed by atoms with van der Waals surface area (Å²) in [5.41, 5.74) is 0.107. The Morgan fingerprint density at radius 1 is 1.36 bits per heavy atom. The largest absolute Gasteiger partial charge is 0.324 e. The Kier molecular flexibility index (Phi) is 5.43. The highest BCUT2D eigenvalue weighted by Gasteiger charge is 2.29. The average Bonchev–Trinajstić information content (AvgIpc) is 2.99. The molecule has 1 aliphatic heterocycles. The number of nitrogens with zero attached hydrogens (tertiary/aromatic N) is 3. The van der Waals surface area contributed by atoms with E-state index in [1.165, 1.54) is 12.1 Å².